The van der Waals surface area contributed by atoms with Crippen LogP contribution in [0.25, 0.3) is 0 Å². The lowest BCUT2D eigenvalue weighted by Crippen LogP contribution is -2.27. The predicted octanol–water partition coefficient (Wildman–Crippen LogP) is 3.10. The van der Waals surface area contributed by atoms with Gasteiger partial charge in [-0.25, -0.2) is 0 Å². The number of anilines is 1. The Kier molecular flexibility index (Phi) is 7.83. The van der Waals surface area contributed by atoms with Crippen LogP contribution in [0.2, 0.25) is 0 Å². The third-order valence-corrected chi connectivity index (χ3v) is 3.61. The molecule has 4 nitrogen and oxygen atoms in total. The van der Waals surface area contributed by atoms with Gasteiger partial charge >= 0.3 is 0 Å². The highest BCUT2D eigenvalue weighted by Gasteiger charge is 2.13. The van der Waals surface area contributed by atoms with E-state index in [1.807, 2.05) is 25.1 Å². The molecule has 1 amide bonds. The highest BCUT2D eigenvalue weighted by molar-refractivity contribution is 5.97. The molecular formula is C17H28N2O2. The van der Waals surface area contributed by atoms with Crippen molar-refractivity contribution in [2.45, 2.75) is 52.5 Å². The molecule has 0 aliphatic carbocycles. The number of benzene rings is 1. The zero-order chi connectivity index (χ0) is 15.7. The third kappa shape index (κ3) is 5.38. The number of aliphatic hydroxyl groups excluding tert-OH is 1. The van der Waals surface area contributed by atoms with Gasteiger partial charge in [0.05, 0.1) is 6.61 Å². The van der Waals surface area contributed by atoms with Gasteiger partial charge in [-0.3, -0.25) is 4.79 Å². The minimum absolute atomic E-state index is 0.0438. The number of amides is 1. The monoisotopic (exact) mass is 292 g/mol. The van der Waals surface area contributed by atoms with Crippen LogP contribution >= 0.6 is 0 Å². The first-order chi connectivity index (χ1) is 10.1. The van der Waals surface area contributed by atoms with Gasteiger partial charge in [-0.1, -0.05) is 32.8 Å². The fraction of sp³-hybridized carbons (Fsp3) is 0.588. The number of nitrogens with one attached hydrogen (secondary N) is 2. The third-order valence-electron chi connectivity index (χ3n) is 3.61. The first-order valence-corrected chi connectivity index (χ1v) is 7.89. The molecule has 0 aliphatic heterocycles. The summed E-state index contributed by atoms with van der Waals surface area (Å²) in [5.41, 5.74) is 2.66. The Morgan fingerprint density at radius 2 is 1.90 bits per heavy atom. The Balaban J connectivity index is 2.86. The van der Waals surface area contributed by atoms with Crippen molar-refractivity contribution in [3.05, 3.63) is 29.3 Å². The van der Waals surface area contributed by atoms with Gasteiger partial charge in [0.15, 0.2) is 0 Å². The maximum atomic E-state index is 12.1. The summed E-state index contributed by atoms with van der Waals surface area (Å²) in [6.45, 7) is 6.58. The van der Waals surface area contributed by atoms with Crippen molar-refractivity contribution in [1.82, 2.24) is 5.32 Å². The van der Waals surface area contributed by atoms with E-state index in [4.69, 9.17) is 5.11 Å². The number of hydrogen-bond donors (Lipinski definition) is 3. The van der Waals surface area contributed by atoms with Gasteiger partial charge in [-0.15, -0.1) is 0 Å². The standard InChI is InChI=1S/C17H28N2O2/c1-4-7-14(8-5-2)19-16-10-6-9-15(13(16)3)17(21)18-11-12-20/h6,9-10,14,19-20H,4-5,7-8,11-12H2,1-3H3,(H,18,21). The van der Waals surface area contributed by atoms with Crippen molar-refractivity contribution in [3.63, 3.8) is 0 Å². The zero-order valence-electron chi connectivity index (χ0n) is 13.4. The molecule has 1 aromatic carbocycles. The molecule has 1 aromatic rings. The summed E-state index contributed by atoms with van der Waals surface area (Å²) in [5, 5.41) is 15.1. The Morgan fingerprint density at radius 1 is 1.24 bits per heavy atom. The molecule has 0 heterocycles. The van der Waals surface area contributed by atoms with Crippen LogP contribution < -0.4 is 10.6 Å². The summed E-state index contributed by atoms with van der Waals surface area (Å²) in [5.74, 6) is -0.132. The Hall–Kier alpha value is -1.55. The van der Waals surface area contributed by atoms with Crippen LogP contribution in [0.5, 0.6) is 0 Å². The molecule has 3 N–H and O–H groups in total. The van der Waals surface area contributed by atoms with E-state index in [1.54, 1.807) is 0 Å². The van der Waals surface area contributed by atoms with Gasteiger partial charge in [0.1, 0.15) is 0 Å². The highest BCUT2D eigenvalue weighted by Crippen LogP contribution is 2.22. The maximum absolute atomic E-state index is 12.1. The second-order valence-electron chi connectivity index (χ2n) is 5.38. The van der Waals surface area contributed by atoms with E-state index in [2.05, 4.69) is 24.5 Å². The molecule has 4 heteroatoms. The Labute approximate surface area is 128 Å². The maximum Gasteiger partial charge on any atom is 0.251 e. The van der Waals surface area contributed by atoms with Gasteiger partial charge in [-0.05, 0) is 37.5 Å². The number of aliphatic hydroxyl groups is 1. The second-order valence-corrected chi connectivity index (χ2v) is 5.38. The molecule has 118 valence electrons. The minimum Gasteiger partial charge on any atom is -0.395 e. The number of carbonyl (C=O) groups excluding carboxylic acids is 1. The number of rotatable bonds is 9. The van der Waals surface area contributed by atoms with Gasteiger partial charge < -0.3 is 15.7 Å². The van der Waals surface area contributed by atoms with E-state index in [0.717, 1.165) is 36.9 Å². The topological polar surface area (TPSA) is 61.4 Å². The Morgan fingerprint density at radius 3 is 2.48 bits per heavy atom. The molecular weight excluding hydrogens is 264 g/mol. The van der Waals surface area contributed by atoms with E-state index in [9.17, 15) is 4.79 Å². The highest BCUT2D eigenvalue weighted by atomic mass is 16.3. The molecule has 0 atom stereocenters. The first kappa shape index (κ1) is 17.5. The number of carbonyl (C=O) groups is 1. The summed E-state index contributed by atoms with van der Waals surface area (Å²) in [4.78, 5) is 12.1. The smallest absolute Gasteiger partial charge is 0.251 e. The fourth-order valence-electron chi connectivity index (χ4n) is 2.51. The molecule has 1 rings (SSSR count). The van der Waals surface area contributed by atoms with E-state index < -0.39 is 0 Å². The van der Waals surface area contributed by atoms with Crippen molar-refractivity contribution >= 4 is 11.6 Å². The largest absolute Gasteiger partial charge is 0.395 e. The van der Waals surface area contributed by atoms with Crippen LogP contribution in [-0.2, 0) is 0 Å². The summed E-state index contributed by atoms with van der Waals surface area (Å²) < 4.78 is 0. The molecule has 0 saturated heterocycles. The molecule has 0 spiro atoms. The summed E-state index contributed by atoms with van der Waals surface area (Å²) in [6.07, 6.45) is 4.56. The first-order valence-electron chi connectivity index (χ1n) is 7.89. The van der Waals surface area contributed by atoms with Crippen molar-refractivity contribution in [2.24, 2.45) is 0 Å². The molecule has 21 heavy (non-hydrogen) atoms. The van der Waals surface area contributed by atoms with Gasteiger partial charge in [0.2, 0.25) is 0 Å². The van der Waals surface area contributed by atoms with Gasteiger partial charge in [0, 0.05) is 23.8 Å². The van der Waals surface area contributed by atoms with Crippen LogP contribution in [0.1, 0.15) is 55.5 Å². The second kappa shape index (κ2) is 9.40. The van der Waals surface area contributed by atoms with Crippen LogP contribution in [0, 0.1) is 6.92 Å². The van der Waals surface area contributed by atoms with E-state index in [-0.39, 0.29) is 19.1 Å². The molecule has 0 unspecified atom stereocenters. The SMILES string of the molecule is CCCC(CCC)Nc1cccc(C(=O)NCCO)c1C. The van der Waals surface area contributed by atoms with Gasteiger partial charge in [-0.2, -0.15) is 0 Å². The van der Waals surface area contributed by atoms with Gasteiger partial charge in [0.25, 0.3) is 5.91 Å². The fourth-order valence-corrected chi connectivity index (χ4v) is 2.51. The van der Waals surface area contributed by atoms with E-state index in [1.165, 1.54) is 0 Å². The van der Waals surface area contributed by atoms with Crippen LogP contribution in [-0.4, -0.2) is 30.2 Å². The molecule has 0 aliphatic rings. The molecule has 0 aromatic heterocycles. The van der Waals surface area contributed by atoms with Crippen molar-refractivity contribution in [2.75, 3.05) is 18.5 Å². The molecule has 0 bridgehead atoms. The summed E-state index contributed by atoms with van der Waals surface area (Å²) >= 11 is 0. The average molecular weight is 292 g/mol. The van der Waals surface area contributed by atoms with Crippen molar-refractivity contribution < 1.29 is 9.90 Å². The van der Waals surface area contributed by atoms with Crippen molar-refractivity contribution in [1.29, 1.82) is 0 Å². The predicted molar refractivity (Wildman–Crippen MR) is 87.8 cm³/mol. The van der Waals surface area contributed by atoms with Crippen molar-refractivity contribution in [3.8, 4) is 0 Å². The molecule has 0 radical (unpaired) electrons. The zero-order valence-corrected chi connectivity index (χ0v) is 13.4. The van der Waals surface area contributed by atoms with Crippen LogP contribution in [0.3, 0.4) is 0 Å². The lowest BCUT2D eigenvalue weighted by Gasteiger charge is -2.21. The Bertz CT molecular complexity index is 440. The average Bonchev–Trinajstić information content (AvgIpc) is 2.47. The van der Waals surface area contributed by atoms with Crippen LogP contribution in [0.15, 0.2) is 18.2 Å². The summed E-state index contributed by atoms with van der Waals surface area (Å²) in [6, 6.07) is 6.20. The minimum atomic E-state index is -0.132. The van der Waals surface area contributed by atoms with E-state index >= 15 is 0 Å². The van der Waals surface area contributed by atoms with E-state index in [0.29, 0.717) is 11.6 Å². The van der Waals surface area contributed by atoms with Crippen LogP contribution in [0.4, 0.5) is 5.69 Å². The quantitative estimate of drug-likeness (QED) is 0.655. The summed E-state index contributed by atoms with van der Waals surface area (Å²) in [7, 11) is 0. The number of hydrogen-bond acceptors (Lipinski definition) is 3. The lowest BCUT2D eigenvalue weighted by molar-refractivity contribution is 0.0944. The normalized spacial score (nSPS) is 10.7. The lowest BCUT2D eigenvalue weighted by atomic mass is 10.0. The molecule has 0 fully saturated rings. The molecule has 0 saturated carbocycles.